The summed E-state index contributed by atoms with van der Waals surface area (Å²) in [4.78, 5) is 17.0. The lowest BCUT2D eigenvalue weighted by Crippen LogP contribution is -2.40. The fourth-order valence-corrected chi connectivity index (χ4v) is 5.21. The second-order valence-corrected chi connectivity index (χ2v) is 9.59. The second-order valence-electron chi connectivity index (χ2n) is 7.65. The summed E-state index contributed by atoms with van der Waals surface area (Å²) in [6.07, 6.45) is 3.01. The van der Waals surface area contributed by atoms with Crippen molar-refractivity contribution in [2.24, 2.45) is 0 Å². The van der Waals surface area contributed by atoms with E-state index in [9.17, 15) is 13.2 Å². The standard InChI is InChI=1S/C24H27N3O6S/c1-3-27-22-10-9-20(34(29,30)26-12-14-32-15-13-26)16-21(22)25-23(27)17-33-24(28)11-6-18-4-7-19(31-2)8-5-18/h4-11,16H,3,12-15,17H2,1-2H3/b11-6+. The third-order valence-electron chi connectivity index (χ3n) is 5.59. The number of hydrogen-bond donors (Lipinski definition) is 0. The Labute approximate surface area is 198 Å². The number of ether oxygens (including phenoxy) is 3. The van der Waals surface area contributed by atoms with Gasteiger partial charge in [-0.25, -0.2) is 18.2 Å². The summed E-state index contributed by atoms with van der Waals surface area (Å²) in [6.45, 7) is 3.95. The van der Waals surface area contributed by atoms with Crippen molar-refractivity contribution in [2.45, 2.75) is 25.0 Å². The number of rotatable bonds is 8. The van der Waals surface area contributed by atoms with E-state index in [4.69, 9.17) is 14.2 Å². The van der Waals surface area contributed by atoms with Gasteiger partial charge in [0.1, 0.15) is 18.2 Å². The highest BCUT2D eigenvalue weighted by molar-refractivity contribution is 7.89. The lowest BCUT2D eigenvalue weighted by atomic mass is 10.2. The highest BCUT2D eigenvalue weighted by Gasteiger charge is 2.27. The topological polar surface area (TPSA) is 100.0 Å². The second kappa shape index (κ2) is 10.4. The molecule has 2 aromatic carbocycles. The van der Waals surface area contributed by atoms with Gasteiger partial charge in [0.05, 0.1) is 36.3 Å². The van der Waals surface area contributed by atoms with Crippen LogP contribution in [-0.2, 0) is 37.4 Å². The molecule has 10 heteroatoms. The van der Waals surface area contributed by atoms with Gasteiger partial charge in [-0.3, -0.25) is 0 Å². The molecule has 0 unspecified atom stereocenters. The number of imidazole rings is 1. The third-order valence-corrected chi connectivity index (χ3v) is 7.49. The van der Waals surface area contributed by atoms with Crippen molar-refractivity contribution in [3.8, 4) is 5.75 Å². The molecule has 2 heterocycles. The average molecular weight is 486 g/mol. The monoisotopic (exact) mass is 485 g/mol. The fraction of sp³-hybridized carbons (Fsp3) is 0.333. The molecule has 1 aromatic heterocycles. The molecule has 1 aliphatic heterocycles. The first kappa shape index (κ1) is 23.9. The van der Waals surface area contributed by atoms with E-state index in [1.54, 1.807) is 31.4 Å². The molecule has 0 radical (unpaired) electrons. The number of aromatic nitrogens is 2. The first-order valence-corrected chi connectivity index (χ1v) is 12.4. The molecule has 34 heavy (non-hydrogen) atoms. The van der Waals surface area contributed by atoms with Gasteiger partial charge in [0.25, 0.3) is 0 Å². The summed E-state index contributed by atoms with van der Waals surface area (Å²) in [6, 6.07) is 12.2. The van der Waals surface area contributed by atoms with E-state index in [1.165, 1.54) is 10.4 Å². The third kappa shape index (κ3) is 5.14. The highest BCUT2D eigenvalue weighted by atomic mass is 32.2. The summed E-state index contributed by atoms with van der Waals surface area (Å²) < 4.78 is 45.1. The maximum Gasteiger partial charge on any atom is 0.331 e. The molecule has 0 amide bonds. The van der Waals surface area contributed by atoms with Crippen molar-refractivity contribution < 1.29 is 27.4 Å². The van der Waals surface area contributed by atoms with Crippen molar-refractivity contribution in [1.29, 1.82) is 0 Å². The van der Waals surface area contributed by atoms with Crippen molar-refractivity contribution in [3.63, 3.8) is 0 Å². The van der Waals surface area contributed by atoms with Gasteiger partial charge in [0.2, 0.25) is 10.0 Å². The van der Waals surface area contributed by atoms with Crippen molar-refractivity contribution in [2.75, 3.05) is 33.4 Å². The van der Waals surface area contributed by atoms with Gasteiger partial charge in [-0.15, -0.1) is 0 Å². The molecule has 1 saturated heterocycles. The van der Waals surface area contributed by atoms with Crippen LogP contribution in [0.1, 0.15) is 18.3 Å². The molecule has 0 bridgehead atoms. The largest absolute Gasteiger partial charge is 0.497 e. The van der Waals surface area contributed by atoms with Crippen LogP contribution in [0.25, 0.3) is 17.1 Å². The minimum absolute atomic E-state index is 0.0279. The van der Waals surface area contributed by atoms with Crippen molar-refractivity contribution in [1.82, 2.24) is 13.9 Å². The maximum atomic E-state index is 13.0. The predicted molar refractivity (Wildman–Crippen MR) is 127 cm³/mol. The minimum atomic E-state index is -3.63. The molecular formula is C24H27N3O6S. The quantitative estimate of drug-likeness (QED) is 0.357. The van der Waals surface area contributed by atoms with Crippen LogP contribution in [0.15, 0.2) is 53.4 Å². The van der Waals surface area contributed by atoms with Crippen LogP contribution in [0, 0.1) is 0 Å². The SMILES string of the molecule is CCn1c(COC(=O)/C=C/c2ccc(OC)cc2)nc2cc(S(=O)(=O)N3CCOCC3)ccc21. The number of methoxy groups -OCH3 is 1. The van der Waals surface area contributed by atoms with Crippen LogP contribution in [0.4, 0.5) is 0 Å². The Kier molecular flexibility index (Phi) is 7.30. The summed E-state index contributed by atoms with van der Waals surface area (Å²) in [7, 11) is -2.03. The number of aryl methyl sites for hydroxylation is 1. The minimum Gasteiger partial charge on any atom is -0.497 e. The lowest BCUT2D eigenvalue weighted by Gasteiger charge is -2.26. The summed E-state index contributed by atoms with van der Waals surface area (Å²) in [5.74, 6) is 0.782. The number of esters is 1. The van der Waals surface area contributed by atoms with E-state index in [1.807, 2.05) is 35.8 Å². The van der Waals surface area contributed by atoms with E-state index in [-0.39, 0.29) is 11.5 Å². The van der Waals surface area contributed by atoms with Gasteiger partial charge < -0.3 is 18.8 Å². The van der Waals surface area contributed by atoms with Gasteiger partial charge in [-0.1, -0.05) is 12.1 Å². The smallest absolute Gasteiger partial charge is 0.331 e. The van der Waals surface area contributed by atoms with Crippen molar-refractivity contribution >= 4 is 33.1 Å². The number of carbonyl (C=O) groups excluding carboxylic acids is 1. The fourth-order valence-electron chi connectivity index (χ4n) is 3.78. The van der Waals surface area contributed by atoms with Gasteiger partial charge in [-0.2, -0.15) is 4.31 Å². The molecule has 3 aromatic rings. The molecule has 0 N–H and O–H groups in total. The van der Waals surface area contributed by atoms with Crippen molar-refractivity contribution in [3.05, 3.63) is 59.9 Å². The van der Waals surface area contributed by atoms with E-state index in [2.05, 4.69) is 4.98 Å². The molecular weight excluding hydrogens is 458 g/mol. The Hall–Kier alpha value is -3.21. The van der Waals surface area contributed by atoms with E-state index in [0.717, 1.165) is 16.8 Å². The molecule has 0 atom stereocenters. The van der Waals surface area contributed by atoms with Gasteiger partial charge >= 0.3 is 5.97 Å². The molecule has 9 nitrogen and oxygen atoms in total. The number of fused-ring (bicyclic) bond motifs is 1. The molecule has 180 valence electrons. The summed E-state index contributed by atoms with van der Waals surface area (Å²) in [5, 5.41) is 0. The van der Waals surface area contributed by atoms with Gasteiger partial charge in [0, 0.05) is 25.7 Å². The van der Waals surface area contributed by atoms with E-state index < -0.39 is 16.0 Å². The van der Waals surface area contributed by atoms with Crippen LogP contribution in [0.2, 0.25) is 0 Å². The first-order valence-electron chi connectivity index (χ1n) is 11.0. The summed E-state index contributed by atoms with van der Waals surface area (Å²) in [5.41, 5.74) is 2.16. The molecule has 0 saturated carbocycles. The van der Waals surface area contributed by atoms with Crippen LogP contribution < -0.4 is 4.74 Å². The van der Waals surface area contributed by atoms with E-state index >= 15 is 0 Å². The zero-order chi connectivity index (χ0) is 24.1. The number of carbonyl (C=O) groups is 1. The normalized spacial score (nSPS) is 15.1. The first-order chi connectivity index (χ1) is 16.4. The Morgan fingerprint density at radius 1 is 1.15 bits per heavy atom. The Morgan fingerprint density at radius 3 is 2.56 bits per heavy atom. The molecule has 1 aliphatic rings. The zero-order valence-corrected chi connectivity index (χ0v) is 20.0. The predicted octanol–water partition coefficient (Wildman–Crippen LogP) is 2.84. The van der Waals surface area contributed by atoms with E-state index in [0.29, 0.717) is 44.2 Å². The Bertz CT molecular complexity index is 1290. The highest BCUT2D eigenvalue weighted by Crippen LogP contribution is 2.24. The van der Waals surface area contributed by atoms with Crippen LogP contribution in [0.5, 0.6) is 5.75 Å². The molecule has 1 fully saturated rings. The number of nitrogens with zero attached hydrogens (tertiary/aromatic N) is 3. The molecule has 0 spiro atoms. The molecule has 0 aliphatic carbocycles. The van der Waals surface area contributed by atoms with Crippen LogP contribution in [0.3, 0.4) is 0 Å². The lowest BCUT2D eigenvalue weighted by molar-refractivity contribution is -0.139. The average Bonchev–Trinajstić information content (AvgIpc) is 3.23. The Balaban J connectivity index is 1.48. The van der Waals surface area contributed by atoms with Crippen LogP contribution in [-0.4, -0.2) is 61.7 Å². The Morgan fingerprint density at radius 2 is 1.88 bits per heavy atom. The number of benzene rings is 2. The summed E-state index contributed by atoms with van der Waals surface area (Å²) >= 11 is 0. The number of hydrogen-bond acceptors (Lipinski definition) is 7. The van der Waals surface area contributed by atoms with Crippen LogP contribution >= 0.6 is 0 Å². The van der Waals surface area contributed by atoms with Gasteiger partial charge in [0.15, 0.2) is 0 Å². The number of morpholine rings is 1. The maximum absolute atomic E-state index is 13.0. The zero-order valence-electron chi connectivity index (χ0n) is 19.1. The number of sulfonamides is 1. The molecule has 4 rings (SSSR count). The van der Waals surface area contributed by atoms with Gasteiger partial charge in [-0.05, 0) is 48.9 Å².